The first-order valence-corrected chi connectivity index (χ1v) is 7.41. The molecular formula is C13H15ClN2O3S. The Labute approximate surface area is 125 Å². The van der Waals surface area contributed by atoms with E-state index in [0.717, 1.165) is 11.0 Å². The predicted molar refractivity (Wildman–Crippen MR) is 79.6 cm³/mol. The third-order valence-corrected chi connectivity index (χ3v) is 4.12. The van der Waals surface area contributed by atoms with Crippen LogP contribution >= 0.6 is 23.4 Å². The number of carbonyl (C=O) groups is 1. The fourth-order valence-corrected chi connectivity index (χ4v) is 2.87. The van der Waals surface area contributed by atoms with Gasteiger partial charge in [0, 0.05) is 7.11 Å². The van der Waals surface area contributed by atoms with Crippen molar-refractivity contribution in [3.05, 3.63) is 23.2 Å². The molecule has 0 saturated heterocycles. The molecule has 1 N–H and O–H groups in total. The number of halogens is 1. The lowest BCUT2D eigenvalue weighted by molar-refractivity contribution is -0.133. The normalized spacial score (nSPS) is 12.8. The Hall–Kier alpha value is -1.24. The number of methoxy groups -OCH3 is 1. The topological polar surface area (TPSA) is 64.3 Å². The van der Waals surface area contributed by atoms with E-state index in [-0.39, 0.29) is 11.9 Å². The summed E-state index contributed by atoms with van der Waals surface area (Å²) in [6.45, 7) is 2.51. The van der Waals surface area contributed by atoms with Crippen molar-refractivity contribution < 1.29 is 14.6 Å². The number of ether oxygens (including phenoxy) is 1. The minimum Gasteiger partial charge on any atom is -0.481 e. The Balaban J connectivity index is 2.46. The molecule has 0 aliphatic carbocycles. The number of para-hydroxylation sites is 1. The predicted octanol–water partition coefficient (Wildman–Crippen LogP) is 2.90. The first kappa shape index (κ1) is 15.2. The molecule has 1 heterocycles. The first-order chi connectivity index (χ1) is 9.52. The van der Waals surface area contributed by atoms with Crippen LogP contribution in [0.25, 0.3) is 11.0 Å². The standard InChI is InChI=1S/C13H15ClN2O3S/c1-8(19-2)6-16-12-9(14)4-3-5-10(12)15-13(16)20-7-11(17)18/h3-5,8H,6-7H2,1-2H3,(H,17,18). The maximum absolute atomic E-state index is 10.7. The average Bonchev–Trinajstić information content (AvgIpc) is 2.75. The number of fused-ring (bicyclic) bond motifs is 1. The summed E-state index contributed by atoms with van der Waals surface area (Å²) < 4.78 is 7.19. The van der Waals surface area contributed by atoms with Crippen molar-refractivity contribution in [3.8, 4) is 0 Å². The number of rotatable bonds is 6. The summed E-state index contributed by atoms with van der Waals surface area (Å²) >= 11 is 7.42. The molecule has 108 valence electrons. The van der Waals surface area contributed by atoms with Crippen molar-refractivity contribution in [2.45, 2.75) is 24.7 Å². The molecule has 1 unspecified atom stereocenters. The van der Waals surface area contributed by atoms with Crippen LogP contribution in [0.2, 0.25) is 5.02 Å². The van der Waals surface area contributed by atoms with Crippen molar-refractivity contribution in [1.29, 1.82) is 0 Å². The summed E-state index contributed by atoms with van der Waals surface area (Å²) in [5.74, 6) is -0.915. The summed E-state index contributed by atoms with van der Waals surface area (Å²) in [6, 6.07) is 5.48. The fraction of sp³-hybridized carbons (Fsp3) is 0.385. The first-order valence-electron chi connectivity index (χ1n) is 6.05. The highest BCUT2D eigenvalue weighted by Gasteiger charge is 2.16. The summed E-state index contributed by atoms with van der Waals surface area (Å²) in [6.07, 6.45) is -0.0205. The minimum atomic E-state index is -0.875. The third kappa shape index (κ3) is 3.26. The molecule has 5 nitrogen and oxygen atoms in total. The molecule has 0 radical (unpaired) electrons. The van der Waals surface area contributed by atoms with Gasteiger partial charge >= 0.3 is 5.97 Å². The Morgan fingerprint density at radius 2 is 2.35 bits per heavy atom. The molecule has 0 saturated carbocycles. The van der Waals surface area contributed by atoms with Gasteiger partial charge < -0.3 is 14.4 Å². The van der Waals surface area contributed by atoms with E-state index < -0.39 is 5.97 Å². The molecule has 1 aromatic carbocycles. The van der Waals surface area contributed by atoms with Gasteiger partial charge in [-0.3, -0.25) is 4.79 Å². The molecule has 0 amide bonds. The number of carboxylic acids is 1. The van der Waals surface area contributed by atoms with Gasteiger partial charge in [-0.2, -0.15) is 0 Å². The van der Waals surface area contributed by atoms with Crippen molar-refractivity contribution in [3.63, 3.8) is 0 Å². The quantitative estimate of drug-likeness (QED) is 0.831. The van der Waals surface area contributed by atoms with Gasteiger partial charge in [0.1, 0.15) is 0 Å². The van der Waals surface area contributed by atoms with Gasteiger partial charge in [0.25, 0.3) is 0 Å². The van der Waals surface area contributed by atoms with E-state index in [1.165, 1.54) is 11.8 Å². The number of aromatic nitrogens is 2. The minimum absolute atomic E-state index is 0.0205. The number of benzene rings is 1. The van der Waals surface area contributed by atoms with Gasteiger partial charge in [-0.05, 0) is 19.1 Å². The van der Waals surface area contributed by atoms with E-state index in [9.17, 15) is 4.79 Å². The van der Waals surface area contributed by atoms with E-state index in [1.54, 1.807) is 13.2 Å². The van der Waals surface area contributed by atoms with Gasteiger partial charge in [-0.1, -0.05) is 29.4 Å². The highest BCUT2D eigenvalue weighted by atomic mass is 35.5. The Morgan fingerprint density at radius 1 is 1.60 bits per heavy atom. The second kappa shape index (κ2) is 6.47. The van der Waals surface area contributed by atoms with Crippen LogP contribution in [0.4, 0.5) is 0 Å². The maximum Gasteiger partial charge on any atom is 0.313 e. The molecule has 0 bridgehead atoms. The van der Waals surface area contributed by atoms with E-state index >= 15 is 0 Å². The fourth-order valence-electron chi connectivity index (χ4n) is 1.86. The molecule has 0 spiro atoms. The molecule has 20 heavy (non-hydrogen) atoms. The second-order valence-corrected chi connectivity index (χ2v) is 5.69. The summed E-state index contributed by atoms with van der Waals surface area (Å²) in [7, 11) is 1.63. The molecule has 1 aromatic heterocycles. The lowest BCUT2D eigenvalue weighted by Crippen LogP contribution is -2.15. The van der Waals surface area contributed by atoms with Crippen LogP contribution in [-0.2, 0) is 16.1 Å². The zero-order valence-electron chi connectivity index (χ0n) is 11.2. The zero-order chi connectivity index (χ0) is 14.7. The Bertz CT molecular complexity index is 629. The molecule has 0 aliphatic heterocycles. The molecule has 2 rings (SSSR count). The van der Waals surface area contributed by atoms with Crippen molar-refractivity contribution >= 4 is 40.4 Å². The SMILES string of the molecule is COC(C)Cn1c(SCC(=O)O)nc2cccc(Cl)c21. The van der Waals surface area contributed by atoms with Gasteiger partial charge in [-0.15, -0.1) is 0 Å². The number of thioether (sulfide) groups is 1. The Morgan fingerprint density at radius 3 is 3.00 bits per heavy atom. The molecule has 1 atom stereocenters. The van der Waals surface area contributed by atoms with Crippen LogP contribution in [0.15, 0.2) is 23.4 Å². The summed E-state index contributed by atoms with van der Waals surface area (Å²) in [5.41, 5.74) is 1.57. The van der Waals surface area contributed by atoms with Crippen LogP contribution in [0.5, 0.6) is 0 Å². The second-order valence-electron chi connectivity index (χ2n) is 4.34. The third-order valence-electron chi connectivity index (χ3n) is 2.85. The lowest BCUT2D eigenvalue weighted by atomic mass is 10.3. The molecular weight excluding hydrogens is 300 g/mol. The number of carboxylic acid groups (broad SMARTS) is 1. The molecule has 0 aliphatic rings. The number of imidazole rings is 1. The van der Waals surface area contributed by atoms with Crippen LogP contribution < -0.4 is 0 Å². The van der Waals surface area contributed by atoms with Crippen LogP contribution in [0.1, 0.15) is 6.92 Å². The smallest absolute Gasteiger partial charge is 0.313 e. The van der Waals surface area contributed by atoms with Gasteiger partial charge in [0.2, 0.25) is 0 Å². The van der Waals surface area contributed by atoms with Gasteiger partial charge in [0.15, 0.2) is 5.16 Å². The zero-order valence-corrected chi connectivity index (χ0v) is 12.7. The van der Waals surface area contributed by atoms with Crippen molar-refractivity contribution in [2.24, 2.45) is 0 Å². The van der Waals surface area contributed by atoms with Gasteiger partial charge in [-0.25, -0.2) is 4.98 Å². The van der Waals surface area contributed by atoms with Gasteiger partial charge in [0.05, 0.1) is 34.5 Å². The lowest BCUT2D eigenvalue weighted by Gasteiger charge is -2.14. The van der Waals surface area contributed by atoms with Crippen molar-refractivity contribution in [2.75, 3.05) is 12.9 Å². The van der Waals surface area contributed by atoms with Crippen molar-refractivity contribution in [1.82, 2.24) is 9.55 Å². The molecule has 2 aromatic rings. The summed E-state index contributed by atoms with van der Waals surface area (Å²) in [5, 5.41) is 10.1. The average molecular weight is 315 g/mol. The molecule has 7 heteroatoms. The maximum atomic E-state index is 10.7. The van der Waals surface area contributed by atoms with E-state index in [1.807, 2.05) is 23.6 Å². The highest BCUT2D eigenvalue weighted by Crippen LogP contribution is 2.29. The van der Waals surface area contributed by atoms with E-state index in [4.69, 9.17) is 21.4 Å². The highest BCUT2D eigenvalue weighted by molar-refractivity contribution is 7.99. The number of nitrogens with zero attached hydrogens (tertiary/aromatic N) is 2. The van der Waals surface area contributed by atoms with Crippen LogP contribution in [0.3, 0.4) is 0 Å². The number of hydrogen-bond acceptors (Lipinski definition) is 4. The van der Waals surface area contributed by atoms with Crippen LogP contribution in [0, 0.1) is 0 Å². The number of aliphatic carboxylic acids is 1. The monoisotopic (exact) mass is 314 g/mol. The van der Waals surface area contributed by atoms with E-state index in [0.29, 0.717) is 16.7 Å². The summed E-state index contributed by atoms with van der Waals surface area (Å²) in [4.78, 5) is 15.2. The molecule has 0 fully saturated rings. The van der Waals surface area contributed by atoms with Crippen LogP contribution in [-0.4, -0.2) is 39.6 Å². The Kier molecular flexibility index (Phi) is 4.91. The number of hydrogen-bond donors (Lipinski definition) is 1. The van der Waals surface area contributed by atoms with E-state index in [2.05, 4.69) is 4.98 Å². The largest absolute Gasteiger partial charge is 0.481 e.